The molecule has 0 aliphatic heterocycles. The number of benzene rings is 4. The predicted octanol–water partition coefficient (Wildman–Crippen LogP) is 8.21. The number of nitro groups is 1. The van der Waals surface area contributed by atoms with Crippen LogP contribution in [0.3, 0.4) is 0 Å². The highest BCUT2D eigenvalue weighted by molar-refractivity contribution is 9.10. The van der Waals surface area contributed by atoms with Gasteiger partial charge in [0, 0.05) is 6.07 Å². The molecule has 11 heteroatoms. The summed E-state index contributed by atoms with van der Waals surface area (Å²) in [6.45, 7) is 0.284. The maximum absolute atomic E-state index is 12.9. The summed E-state index contributed by atoms with van der Waals surface area (Å²) < 4.78 is 45.1. The van der Waals surface area contributed by atoms with Gasteiger partial charge in [-0.15, -0.1) is 0 Å². The number of anilines is 1. The number of alkyl halides is 3. The first-order valence-electron chi connectivity index (χ1n) is 10.4. The second kappa shape index (κ2) is 10.5. The first-order chi connectivity index (χ1) is 17.1. The van der Waals surface area contributed by atoms with E-state index in [1.807, 2.05) is 42.5 Å². The summed E-state index contributed by atoms with van der Waals surface area (Å²) in [5.41, 5.74) is 1.85. The van der Waals surface area contributed by atoms with Crippen LogP contribution in [0, 0.1) is 10.1 Å². The SMILES string of the molecule is O=[N+]([O-])c1cc(C(F)(F)F)ccc1N/N=C\c1cc(Cl)c(OCc2cccc3ccccc23)c(Br)c1. The zero-order valence-corrected chi connectivity index (χ0v) is 20.6. The van der Waals surface area contributed by atoms with Gasteiger partial charge in [0.1, 0.15) is 12.3 Å². The fraction of sp³-hybridized carbons (Fsp3) is 0.0800. The van der Waals surface area contributed by atoms with Crippen LogP contribution < -0.4 is 10.2 Å². The van der Waals surface area contributed by atoms with Gasteiger partial charge < -0.3 is 4.74 Å². The van der Waals surface area contributed by atoms with Crippen LogP contribution in [0.1, 0.15) is 16.7 Å². The van der Waals surface area contributed by atoms with Crippen LogP contribution in [0.2, 0.25) is 5.02 Å². The van der Waals surface area contributed by atoms with Crippen molar-refractivity contribution in [1.29, 1.82) is 0 Å². The number of hydrazone groups is 1. The molecule has 0 atom stereocenters. The highest BCUT2D eigenvalue weighted by atomic mass is 79.9. The van der Waals surface area contributed by atoms with Crippen LogP contribution in [-0.2, 0) is 12.8 Å². The Morgan fingerprint density at radius 3 is 2.56 bits per heavy atom. The van der Waals surface area contributed by atoms with E-state index in [1.165, 1.54) is 6.21 Å². The van der Waals surface area contributed by atoms with Crippen molar-refractivity contribution in [1.82, 2.24) is 0 Å². The monoisotopic (exact) mass is 577 g/mol. The number of nitrogens with zero attached hydrogens (tertiary/aromatic N) is 2. The Hall–Kier alpha value is -3.63. The molecular formula is C25H16BrClF3N3O3. The molecule has 0 aromatic heterocycles. The van der Waals surface area contributed by atoms with Gasteiger partial charge in [0.15, 0.2) is 5.75 Å². The maximum atomic E-state index is 12.9. The van der Waals surface area contributed by atoms with E-state index in [0.717, 1.165) is 28.5 Å². The molecule has 0 saturated carbocycles. The van der Waals surface area contributed by atoms with Crippen molar-refractivity contribution in [2.24, 2.45) is 5.10 Å². The maximum Gasteiger partial charge on any atom is 0.416 e. The zero-order chi connectivity index (χ0) is 25.9. The van der Waals surface area contributed by atoms with E-state index in [1.54, 1.807) is 12.1 Å². The summed E-state index contributed by atoms with van der Waals surface area (Å²) in [4.78, 5) is 10.3. The molecule has 0 amide bonds. The molecule has 0 fully saturated rings. The molecule has 0 spiro atoms. The number of ether oxygens (including phenoxy) is 1. The minimum Gasteiger partial charge on any atom is -0.486 e. The lowest BCUT2D eigenvalue weighted by Crippen LogP contribution is -2.06. The molecule has 0 heterocycles. The van der Waals surface area contributed by atoms with Gasteiger partial charge in [-0.1, -0.05) is 54.1 Å². The van der Waals surface area contributed by atoms with E-state index in [0.29, 0.717) is 26.9 Å². The minimum absolute atomic E-state index is 0.190. The van der Waals surface area contributed by atoms with Crippen LogP contribution in [0.25, 0.3) is 10.8 Å². The topological polar surface area (TPSA) is 76.8 Å². The van der Waals surface area contributed by atoms with Crippen molar-refractivity contribution in [2.75, 3.05) is 5.43 Å². The average molecular weight is 579 g/mol. The smallest absolute Gasteiger partial charge is 0.416 e. The molecule has 36 heavy (non-hydrogen) atoms. The normalized spacial score (nSPS) is 11.7. The van der Waals surface area contributed by atoms with E-state index < -0.39 is 22.4 Å². The third-order valence-corrected chi connectivity index (χ3v) is 6.06. The molecular weight excluding hydrogens is 563 g/mol. The van der Waals surface area contributed by atoms with Crippen molar-refractivity contribution < 1.29 is 22.8 Å². The van der Waals surface area contributed by atoms with Gasteiger partial charge in [0.25, 0.3) is 5.69 Å². The number of hydrogen-bond donors (Lipinski definition) is 1. The van der Waals surface area contributed by atoms with Gasteiger partial charge in [0.05, 0.1) is 26.2 Å². The lowest BCUT2D eigenvalue weighted by molar-refractivity contribution is -0.384. The fourth-order valence-electron chi connectivity index (χ4n) is 3.49. The summed E-state index contributed by atoms with van der Waals surface area (Å²) in [6.07, 6.45) is -3.38. The highest BCUT2D eigenvalue weighted by Crippen LogP contribution is 2.36. The quantitative estimate of drug-likeness (QED) is 0.136. The van der Waals surface area contributed by atoms with E-state index in [-0.39, 0.29) is 12.3 Å². The Bertz CT molecular complexity index is 1450. The molecule has 0 aliphatic carbocycles. The van der Waals surface area contributed by atoms with Crippen molar-refractivity contribution in [2.45, 2.75) is 12.8 Å². The number of nitrogens with one attached hydrogen (secondary N) is 1. The Morgan fingerprint density at radius 2 is 1.83 bits per heavy atom. The summed E-state index contributed by atoms with van der Waals surface area (Å²) in [5, 5.41) is 17.6. The molecule has 0 saturated heterocycles. The minimum atomic E-state index is -4.70. The second-order valence-corrected chi connectivity index (χ2v) is 8.86. The molecule has 4 rings (SSSR count). The molecule has 0 aliphatic rings. The number of hydrogen-bond acceptors (Lipinski definition) is 5. The van der Waals surface area contributed by atoms with E-state index in [9.17, 15) is 23.3 Å². The van der Waals surface area contributed by atoms with Gasteiger partial charge in [0.2, 0.25) is 0 Å². The van der Waals surface area contributed by atoms with Gasteiger partial charge >= 0.3 is 6.18 Å². The van der Waals surface area contributed by atoms with Crippen LogP contribution in [0.4, 0.5) is 24.5 Å². The van der Waals surface area contributed by atoms with E-state index >= 15 is 0 Å². The van der Waals surface area contributed by atoms with Crippen LogP contribution in [0.5, 0.6) is 5.75 Å². The largest absolute Gasteiger partial charge is 0.486 e. The molecule has 0 radical (unpaired) electrons. The molecule has 0 bridgehead atoms. The van der Waals surface area contributed by atoms with Crippen molar-refractivity contribution in [3.05, 3.63) is 109 Å². The molecule has 6 nitrogen and oxygen atoms in total. The first kappa shape index (κ1) is 25.5. The van der Waals surface area contributed by atoms with E-state index in [4.69, 9.17) is 16.3 Å². The van der Waals surface area contributed by atoms with Crippen molar-refractivity contribution in [3.63, 3.8) is 0 Å². The van der Waals surface area contributed by atoms with Crippen LogP contribution in [0.15, 0.2) is 82.4 Å². The number of halogens is 5. The first-order valence-corrected chi connectivity index (χ1v) is 11.5. The van der Waals surface area contributed by atoms with Gasteiger partial charge in [-0.25, -0.2) is 0 Å². The second-order valence-electron chi connectivity index (χ2n) is 7.60. The predicted molar refractivity (Wildman–Crippen MR) is 137 cm³/mol. The summed E-state index contributed by atoms with van der Waals surface area (Å²) in [6, 6.07) is 19.3. The molecule has 0 unspecified atom stereocenters. The van der Waals surface area contributed by atoms with Crippen molar-refractivity contribution in [3.8, 4) is 5.75 Å². The number of rotatable bonds is 7. The molecule has 1 N–H and O–H groups in total. The Balaban J connectivity index is 1.49. The summed E-state index contributed by atoms with van der Waals surface area (Å²) in [5.74, 6) is 0.424. The lowest BCUT2D eigenvalue weighted by atomic mass is 10.1. The number of nitro benzene ring substituents is 1. The Kier molecular flexibility index (Phi) is 7.46. The Labute approximate surface area is 216 Å². The van der Waals surface area contributed by atoms with Gasteiger partial charge in [-0.2, -0.15) is 18.3 Å². The third kappa shape index (κ3) is 5.77. The Morgan fingerprint density at radius 1 is 1.08 bits per heavy atom. The van der Waals surface area contributed by atoms with Gasteiger partial charge in [-0.05, 0) is 62.1 Å². The van der Waals surface area contributed by atoms with Gasteiger partial charge in [-0.3, -0.25) is 15.5 Å². The summed E-state index contributed by atoms with van der Waals surface area (Å²) in [7, 11) is 0. The number of fused-ring (bicyclic) bond motifs is 1. The third-order valence-electron chi connectivity index (χ3n) is 5.19. The van der Waals surface area contributed by atoms with E-state index in [2.05, 4.69) is 26.5 Å². The van der Waals surface area contributed by atoms with Crippen molar-refractivity contribution >= 4 is 55.9 Å². The standard InChI is InChI=1S/C25H16BrClF3N3O3/c26-20-10-15(13-31-32-22-9-8-18(25(28,29)30)12-23(22)33(34)35)11-21(27)24(20)36-14-17-6-3-5-16-4-1-2-7-19(16)17/h1-13,32H,14H2/b31-13-. The fourth-order valence-corrected chi connectivity index (χ4v) is 4.48. The lowest BCUT2D eigenvalue weighted by Gasteiger charge is -2.12. The molecule has 184 valence electrons. The average Bonchev–Trinajstić information content (AvgIpc) is 2.83. The van der Waals surface area contributed by atoms with Crippen LogP contribution in [-0.4, -0.2) is 11.1 Å². The molecule has 4 aromatic carbocycles. The highest BCUT2D eigenvalue weighted by Gasteiger charge is 2.33. The summed E-state index contributed by atoms with van der Waals surface area (Å²) >= 11 is 9.84. The zero-order valence-electron chi connectivity index (χ0n) is 18.2. The van der Waals surface area contributed by atoms with Crippen LogP contribution >= 0.6 is 27.5 Å². The molecule has 4 aromatic rings.